The SMILES string of the molecule is CCCNC(c1cc(F)ccc1F)c1cc(Br)ccc1Br. The van der Waals surface area contributed by atoms with Crippen LogP contribution < -0.4 is 5.32 Å². The Balaban J connectivity index is 2.52. The summed E-state index contributed by atoms with van der Waals surface area (Å²) >= 11 is 6.91. The molecule has 2 aromatic carbocycles. The highest BCUT2D eigenvalue weighted by Crippen LogP contribution is 2.32. The average molecular weight is 419 g/mol. The summed E-state index contributed by atoms with van der Waals surface area (Å²) in [6, 6.07) is 8.82. The number of hydrogen-bond acceptors (Lipinski definition) is 1. The summed E-state index contributed by atoms with van der Waals surface area (Å²) in [4.78, 5) is 0. The first-order chi connectivity index (χ1) is 10.0. The first-order valence-corrected chi connectivity index (χ1v) is 8.24. The minimum absolute atomic E-state index is 0.308. The van der Waals surface area contributed by atoms with Gasteiger partial charge in [-0.05, 0) is 54.9 Å². The molecule has 0 saturated carbocycles. The van der Waals surface area contributed by atoms with Gasteiger partial charge in [0, 0.05) is 14.5 Å². The van der Waals surface area contributed by atoms with Crippen molar-refractivity contribution >= 4 is 31.9 Å². The first-order valence-electron chi connectivity index (χ1n) is 6.66. The lowest BCUT2D eigenvalue weighted by atomic mass is 9.98. The van der Waals surface area contributed by atoms with Gasteiger partial charge < -0.3 is 5.32 Å². The van der Waals surface area contributed by atoms with Crippen molar-refractivity contribution in [3.05, 3.63) is 68.1 Å². The molecule has 0 aliphatic rings. The van der Waals surface area contributed by atoms with Crippen LogP contribution in [0.4, 0.5) is 8.78 Å². The highest BCUT2D eigenvalue weighted by atomic mass is 79.9. The van der Waals surface area contributed by atoms with Gasteiger partial charge in [-0.3, -0.25) is 0 Å². The lowest BCUT2D eigenvalue weighted by molar-refractivity contribution is 0.534. The van der Waals surface area contributed by atoms with Crippen LogP contribution >= 0.6 is 31.9 Å². The van der Waals surface area contributed by atoms with Crippen molar-refractivity contribution in [2.75, 3.05) is 6.54 Å². The summed E-state index contributed by atoms with van der Waals surface area (Å²) < 4.78 is 29.4. The Hall–Kier alpha value is -0.780. The van der Waals surface area contributed by atoms with Gasteiger partial charge in [0.15, 0.2) is 0 Å². The summed E-state index contributed by atoms with van der Waals surface area (Å²) in [5.74, 6) is -0.863. The van der Waals surface area contributed by atoms with Crippen LogP contribution in [0.1, 0.15) is 30.5 Å². The number of halogens is 4. The lowest BCUT2D eigenvalue weighted by Gasteiger charge is -2.22. The van der Waals surface area contributed by atoms with E-state index in [1.807, 2.05) is 25.1 Å². The Morgan fingerprint density at radius 2 is 1.81 bits per heavy atom. The molecular weight excluding hydrogens is 404 g/mol. The number of benzene rings is 2. The third kappa shape index (κ3) is 4.11. The lowest BCUT2D eigenvalue weighted by Crippen LogP contribution is -2.24. The van der Waals surface area contributed by atoms with Gasteiger partial charge in [-0.15, -0.1) is 0 Å². The second-order valence-corrected chi connectivity index (χ2v) is 6.49. The smallest absolute Gasteiger partial charge is 0.128 e. The third-order valence-electron chi connectivity index (χ3n) is 3.14. The zero-order valence-corrected chi connectivity index (χ0v) is 14.6. The van der Waals surface area contributed by atoms with E-state index in [4.69, 9.17) is 0 Å². The quantitative estimate of drug-likeness (QED) is 0.668. The molecule has 0 fully saturated rings. The minimum atomic E-state index is -0.444. The molecule has 0 heterocycles. The molecule has 0 saturated heterocycles. The maximum atomic E-state index is 14.1. The van der Waals surface area contributed by atoms with Crippen LogP contribution in [0.2, 0.25) is 0 Å². The van der Waals surface area contributed by atoms with E-state index in [2.05, 4.69) is 37.2 Å². The van der Waals surface area contributed by atoms with Gasteiger partial charge in [0.25, 0.3) is 0 Å². The summed E-state index contributed by atoms with van der Waals surface area (Å²) in [6.45, 7) is 2.74. The minimum Gasteiger partial charge on any atom is -0.306 e. The fourth-order valence-corrected chi connectivity index (χ4v) is 3.00. The van der Waals surface area contributed by atoms with Gasteiger partial charge in [-0.25, -0.2) is 8.78 Å². The maximum Gasteiger partial charge on any atom is 0.128 e. The Bertz CT molecular complexity index is 580. The molecule has 1 unspecified atom stereocenters. The normalized spacial score (nSPS) is 12.4. The van der Waals surface area contributed by atoms with E-state index >= 15 is 0 Å². The van der Waals surface area contributed by atoms with Crippen LogP contribution in [0.25, 0.3) is 0 Å². The van der Waals surface area contributed by atoms with Gasteiger partial charge in [-0.2, -0.15) is 0 Å². The van der Waals surface area contributed by atoms with Crippen molar-refractivity contribution in [3.63, 3.8) is 0 Å². The molecule has 21 heavy (non-hydrogen) atoms. The molecule has 0 aliphatic carbocycles. The van der Waals surface area contributed by atoms with Gasteiger partial charge in [0.05, 0.1) is 6.04 Å². The van der Waals surface area contributed by atoms with Gasteiger partial charge in [0.1, 0.15) is 11.6 Å². The largest absolute Gasteiger partial charge is 0.306 e. The molecule has 0 bridgehead atoms. The van der Waals surface area contributed by atoms with Gasteiger partial charge >= 0.3 is 0 Å². The Labute approximate surface area is 140 Å². The molecule has 0 radical (unpaired) electrons. The first kappa shape index (κ1) is 16.6. The average Bonchev–Trinajstić information content (AvgIpc) is 2.46. The van der Waals surface area contributed by atoms with Crippen molar-refractivity contribution in [3.8, 4) is 0 Å². The third-order valence-corrected chi connectivity index (χ3v) is 4.35. The molecular formula is C16H15Br2F2N. The Morgan fingerprint density at radius 1 is 1.05 bits per heavy atom. The van der Waals surface area contributed by atoms with Crippen molar-refractivity contribution in [2.45, 2.75) is 19.4 Å². The standard InChI is InChI=1S/C16H15Br2F2N/c1-2-7-21-16(12-8-10(17)3-5-14(12)18)13-9-11(19)4-6-15(13)20/h3-6,8-9,16,21H,2,7H2,1H3. The molecule has 2 rings (SSSR count). The molecule has 5 heteroatoms. The molecule has 1 nitrogen and oxygen atoms in total. The fourth-order valence-electron chi connectivity index (χ4n) is 2.15. The van der Waals surface area contributed by atoms with Crippen LogP contribution in [0.5, 0.6) is 0 Å². The number of rotatable bonds is 5. The van der Waals surface area contributed by atoms with Gasteiger partial charge in [0.2, 0.25) is 0 Å². The Morgan fingerprint density at radius 3 is 2.52 bits per heavy atom. The van der Waals surface area contributed by atoms with E-state index in [0.717, 1.165) is 33.1 Å². The van der Waals surface area contributed by atoms with E-state index in [1.54, 1.807) is 0 Å². The molecule has 0 aromatic heterocycles. The number of hydrogen-bond donors (Lipinski definition) is 1. The molecule has 1 atom stereocenters. The molecule has 0 amide bonds. The summed E-state index contributed by atoms with van der Waals surface area (Å²) in [7, 11) is 0. The molecule has 2 aromatic rings. The van der Waals surface area contributed by atoms with Gasteiger partial charge in [-0.1, -0.05) is 38.8 Å². The van der Waals surface area contributed by atoms with Crippen LogP contribution in [-0.2, 0) is 0 Å². The molecule has 0 aliphatic heterocycles. The van der Waals surface area contributed by atoms with Crippen LogP contribution in [-0.4, -0.2) is 6.54 Å². The van der Waals surface area contributed by atoms with Crippen molar-refractivity contribution in [1.29, 1.82) is 0 Å². The van der Waals surface area contributed by atoms with Crippen molar-refractivity contribution in [2.24, 2.45) is 0 Å². The van der Waals surface area contributed by atoms with E-state index in [9.17, 15) is 8.78 Å². The topological polar surface area (TPSA) is 12.0 Å². The predicted molar refractivity (Wildman–Crippen MR) is 88.3 cm³/mol. The number of nitrogens with one attached hydrogen (secondary N) is 1. The van der Waals surface area contributed by atoms with Crippen LogP contribution in [0.3, 0.4) is 0 Å². The van der Waals surface area contributed by atoms with Crippen molar-refractivity contribution < 1.29 is 8.78 Å². The summed E-state index contributed by atoms with van der Waals surface area (Å²) in [6.07, 6.45) is 0.902. The molecule has 0 spiro atoms. The second-order valence-electron chi connectivity index (χ2n) is 4.72. The second kappa shape index (κ2) is 7.47. The van der Waals surface area contributed by atoms with Crippen molar-refractivity contribution in [1.82, 2.24) is 5.32 Å². The highest BCUT2D eigenvalue weighted by Gasteiger charge is 2.20. The maximum absolute atomic E-state index is 14.1. The predicted octanol–water partition coefficient (Wildman–Crippen LogP) is 5.58. The Kier molecular flexibility index (Phi) is 5.90. The molecule has 1 N–H and O–H groups in total. The zero-order chi connectivity index (χ0) is 15.4. The summed E-state index contributed by atoms with van der Waals surface area (Å²) in [5, 5.41) is 3.28. The summed E-state index contributed by atoms with van der Waals surface area (Å²) in [5.41, 5.74) is 1.17. The monoisotopic (exact) mass is 417 g/mol. The van der Waals surface area contributed by atoms with Crippen LogP contribution in [0.15, 0.2) is 45.3 Å². The van der Waals surface area contributed by atoms with E-state index in [-0.39, 0.29) is 0 Å². The van der Waals surface area contributed by atoms with Crippen LogP contribution in [0, 0.1) is 11.6 Å². The highest BCUT2D eigenvalue weighted by molar-refractivity contribution is 9.11. The molecule has 112 valence electrons. The van der Waals surface area contributed by atoms with E-state index in [1.165, 1.54) is 6.07 Å². The van der Waals surface area contributed by atoms with E-state index in [0.29, 0.717) is 12.1 Å². The fraction of sp³-hybridized carbons (Fsp3) is 0.250. The van der Waals surface area contributed by atoms with E-state index < -0.39 is 17.7 Å². The zero-order valence-electron chi connectivity index (χ0n) is 11.5.